The van der Waals surface area contributed by atoms with Gasteiger partial charge in [0.1, 0.15) is 11.6 Å². The lowest BCUT2D eigenvalue weighted by Gasteiger charge is -2.38. The lowest BCUT2D eigenvalue weighted by atomic mass is 9.68. The van der Waals surface area contributed by atoms with Gasteiger partial charge >= 0.3 is 5.97 Å². The predicted octanol–water partition coefficient (Wildman–Crippen LogP) is 6.54. The Bertz CT molecular complexity index is 627. The molecule has 0 amide bonds. The van der Waals surface area contributed by atoms with Gasteiger partial charge < -0.3 is 5.11 Å². The Balaban J connectivity index is 1.57. The first kappa shape index (κ1) is 19.3. The van der Waals surface area contributed by atoms with Gasteiger partial charge in [-0.15, -0.1) is 0 Å². The molecule has 1 N–H and O–H groups in total. The molecular weight excluding hydrogens is 334 g/mol. The van der Waals surface area contributed by atoms with E-state index in [9.17, 15) is 13.6 Å². The van der Waals surface area contributed by atoms with E-state index in [1.54, 1.807) is 0 Å². The highest BCUT2D eigenvalue weighted by Crippen LogP contribution is 2.45. The van der Waals surface area contributed by atoms with Crippen LogP contribution in [0.3, 0.4) is 0 Å². The van der Waals surface area contributed by atoms with Crippen LogP contribution < -0.4 is 0 Å². The molecule has 26 heavy (non-hydrogen) atoms. The molecule has 2 aliphatic carbocycles. The third-order valence-corrected chi connectivity index (χ3v) is 6.78. The van der Waals surface area contributed by atoms with Gasteiger partial charge in [0.2, 0.25) is 0 Å². The number of carboxylic acid groups (broad SMARTS) is 1. The van der Waals surface area contributed by atoms with E-state index < -0.39 is 23.2 Å². The van der Waals surface area contributed by atoms with E-state index in [0.717, 1.165) is 55.6 Å². The van der Waals surface area contributed by atoms with Crippen molar-refractivity contribution < 1.29 is 18.7 Å². The SMILES string of the molecule is CCCC1CCC(C2CCC(c3cc(F)c(C(=O)O)cc3F)CC2)CC1. The van der Waals surface area contributed by atoms with Gasteiger partial charge in [-0.05, 0) is 79.9 Å². The Kier molecular flexibility index (Phi) is 6.31. The fourth-order valence-electron chi connectivity index (χ4n) is 5.30. The van der Waals surface area contributed by atoms with Crippen LogP contribution in [0, 0.1) is 29.4 Å². The van der Waals surface area contributed by atoms with Crippen LogP contribution in [-0.4, -0.2) is 11.1 Å². The zero-order valence-electron chi connectivity index (χ0n) is 15.6. The smallest absolute Gasteiger partial charge is 0.338 e. The molecule has 0 aromatic heterocycles. The minimum absolute atomic E-state index is 0.0139. The number of hydrogen-bond donors (Lipinski definition) is 1. The molecule has 0 unspecified atom stereocenters. The zero-order valence-corrected chi connectivity index (χ0v) is 15.6. The average molecular weight is 364 g/mol. The van der Waals surface area contributed by atoms with Crippen molar-refractivity contribution in [1.29, 1.82) is 0 Å². The Labute approximate surface area is 155 Å². The molecule has 4 heteroatoms. The molecule has 2 aliphatic rings. The molecular formula is C22H30F2O2. The van der Waals surface area contributed by atoms with E-state index in [4.69, 9.17) is 5.11 Å². The molecule has 144 valence electrons. The molecule has 0 bridgehead atoms. The summed E-state index contributed by atoms with van der Waals surface area (Å²) in [6.07, 6.45) is 11.9. The Morgan fingerprint density at radius 2 is 1.54 bits per heavy atom. The van der Waals surface area contributed by atoms with E-state index in [1.807, 2.05) is 0 Å². The normalized spacial score (nSPS) is 29.5. The minimum atomic E-state index is -1.42. The van der Waals surface area contributed by atoms with Gasteiger partial charge in [-0.2, -0.15) is 0 Å². The molecule has 2 fully saturated rings. The third-order valence-electron chi connectivity index (χ3n) is 6.78. The number of benzene rings is 1. The Morgan fingerprint density at radius 3 is 2.08 bits per heavy atom. The number of hydrogen-bond acceptors (Lipinski definition) is 1. The summed E-state index contributed by atoms with van der Waals surface area (Å²) >= 11 is 0. The van der Waals surface area contributed by atoms with Crippen molar-refractivity contribution in [1.82, 2.24) is 0 Å². The molecule has 3 rings (SSSR count). The first-order chi connectivity index (χ1) is 12.5. The van der Waals surface area contributed by atoms with E-state index in [2.05, 4.69) is 6.92 Å². The number of halogens is 2. The van der Waals surface area contributed by atoms with Crippen molar-refractivity contribution in [2.45, 2.75) is 77.0 Å². The monoisotopic (exact) mass is 364 g/mol. The number of aromatic carboxylic acids is 1. The fourth-order valence-corrected chi connectivity index (χ4v) is 5.30. The van der Waals surface area contributed by atoms with Crippen LogP contribution in [0.1, 0.15) is 93.0 Å². The average Bonchev–Trinajstić information content (AvgIpc) is 2.64. The van der Waals surface area contributed by atoms with Crippen LogP contribution in [0.5, 0.6) is 0 Å². The van der Waals surface area contributed by atoms with E-state index >= 15 is 0 Å². The summed E-state index contributed by atoms with van der Waals surface area (Å²) in [5, 5.41) is 8.92. The van der Waals surface area contributed by atoms with Gasteiger partial charge in [-0.1, -0.05) is 32.6 Å². The number of carbonyl (C=O) groups is 1. The first-order valence-electron chi connectivity index (χ1n) is 10.2. The fraction of sp³-hybridized carbons (Fsp3) is 0.682. The van der Waals surface area contributed by atoms with Crippen LogP contribution >= 0.6 is 0 Å². The second-order valence-corrected chi connectivity index (χ2v) is 8.34. The van der Waals surface area contributed by atoms with Crippen molar-refractivity contribution in [3.63, 3.8) is 0 Å². The molecule has 0 saturated heterocycles. The summed E-state index contributed by atoms with van der Waals surface area (Å²) < 4.78 is 28.3. The van der Waals surface area contributed by atoms with E-state index in [-0.39, 0.29) is 5.92 Å². The van der Waals surface area contributed by atoms with Crippen LogP contribution in [0.2, 0.25) is 0 Å². The topological polar surface area (TPSA) is 37.3 Å². The van der Waals surface area contributed by atoms with Gasteiger partial charge in [0.05, 0.1) is 5.56 Å². The van der Waals surface area contributed by atoms with Gasteiger partial charge in [0, 0.05) is 0 Å². The van der Waals surface area contributed by atoms with Crippen LogP contribution in [0.15, 0.2) is 12.1 Å². The van der Waals surface area contributed by atoms with Crippen molar-refractivity contribution in [2.24, 2.45) is 17.8 Å². The van der Waals surface area contributed by atoms with Gasteiger partial charge in [-0.3, -0.25) is 0 Å². The second-order valence-electron chi connectivity index (χ2n) is 8.34. The summed E-state index contributed by atoms with van der Waals surface area (Å²) in [4.78, 5) is 10.9. The van der Waals surface area contributed by atoms with Gasteiger partial charge in [0.15, 0.2) is 0 Å². The van der Waals surface area contributed by atoms with Crippen LogP contribution in [0.25, 0.3) is 0 Å². The molecule has 1 aromatic rings. The van der Waals surface area contributed by atoms with E-state index in [1.165, 1.54) is 38.5 Å². The van der Waals surface area contributed by atoms with Crippen LogP contribution in [0.4, 0.5) is 8.78 Å². The highest BCUT2D eigenvalue weighted by Gasteiger charge is 2.32. The molecule has 2 nitrogen and oxygen atoms in total. The molecule has 1 aromatic carbocycles. The Morgan fingerprint density at radius 1 is 0.962 bits per heavy atom. The molecule has 0 aliphatic heterocycles. The lowest BCUT2D eigenvalue weighted by Crippen LogP contribution is -2.25. The lowest BCUT2D eigenvalue weighted by molar-refractivity contribution is 0.0691. The molecule has 0 spiro atoms. The molecule has 0 atom stereocenters. The highest BCUT2D eigenvalue weighted by molar-refractivity contribution is 5.88. The van der Waals surface area contributed by atoms with Crippen molar-refractivity contribution in [3.8, 4) is 0 Å². The summed E-state index contributed by atoms with van der Waals surface area (Å²) in [6, 6.07) is 1.95. The third kappa shape index (κ3) is 4.27. The number of rotatable bonds is 5. The maximum absolute atomic E-state index is 14.3. The van der Waals surface area contributed by atoms with Gasteiger partial charge in [0.25, 0.3) is 0 Å². The van der Waals surface area contributed by atoms with Crippen molar-refractivity contribution in [2.75, 3.05) is 0 Å². The standard InChI is InChI=1S/C22H30F2O2/c1-2-3-14-4-6-15(7-5-14)16-8-10-17(11-9-16)18-12-21(24)19(22(25)26)13-20(18)23/h12-17H,2-11H2,1H3,(H,25,26). The summed E-state index contributed by atoms with van der Waals surface area (Å²) in [5.74, 6) is -0.370. The predicted molar refractivity (Wildman–Crippen MR) is 98.4 cm³/mol. The minimum Gasteiger partial charge on any atom is -0.478 e. The number of carboxylic acids is 1. The summed E-state index contributed by atoms with van der Waals surface area (Å²) in [7, 11) is 0. The maximum atomic E-state index is 14.3. The largest absolute Gasteiger partial charge is 0.478 e. The molecule has 0 radical (unpaired) electrons. The summed E-state index contributed by atoms with van der Waals surface area (Å²) in [5.41, 5.74) is -0.221. The van der Waals surface area contributed by atoms with Crippen LogP contribution in [-0.2, 0) is 0 Å². The second kappa shape index (κ2) is 8.49. The highest BCUT2D eigenvalue weighted by atomic mass is 19.1. The first-order valence-corrected chi connectivity index (χ1v) is 10.2. The van der Waals surface area contributed by atoms with E-state index in [0.29, 0.717) is 5.56 Å². The van der Waals surface area contributed by atoms with Crippen molar-refractivity contribution in [3.05, 3.63) is 34.9 Å². The zero-order chi connectivity index (χ0) is 18.7. The Hall–Kier alpha value is -1.45. The molecule has 2 saturated carbocycles. The maximum Gasteiger partial charge on any atom is 0.338 e. The van der Waals surface area contributed by atoms with Crippen molar-refractivity contribution >= 4 is 5.97 Å². The van der Waals surface area contributed by atoms with Gasteiger partial charge in [-0.25, -0.2) is 13.6 Å². The quantitative estimate of drug-likeness (QED) is 0.644. The molecule has 0 heterocycles. The summed E-state index contributed by atoms with van der Waals surface area (Å²) in [6.45, 7) is 2.26.